The van der Waals surface area contributed by atoms with Crippen molar-refractivity contribution >= 4 is 11.9 Å². The van der Waals surface area contributed by atoms with E-state index in [0.717, 1.165) is 11.1 Å². The number of hydrogen-bond acceptors (Lipinski definition) is 4. The molecule has 5 nitrogen and oxygen atoms in total. The number of rotatable bonds is 8. The van der Waals surface area contributed by atoms with Crippen molar-refractivity contribution < 1.29 is 19.4 Å². The molecule has 2 atom stereocenters. The predicted octanol–water partition coefficient (Wildman–Crippen LogP) is 2.88. The maximum absolute atomic E-state index is 12.6. The monoisotopic (exact) mass is 369 g/mol. The minimum Gasteiger partial charge on any atom is -0.467 e. The van der Waals surface area contributed by atoms with E-state index in [1.165, 1.54) is 7.11 Å². The molecule has 0 bridgehead atoms. The molecular weight excluding hydrogens is 342 g/mol. The Morgan fingerprint density at radius 3 is 1.85 bits per heavy atom. The van der Waals surface area contributed by atoms with E-state index in [1.54, 1.807) is 0 Å². The molecule has 0 heterocycles. The van der Waals surface area contributed by atoms with Crippen LogP contribution >= 0.6 is 0 Å². The van der Waals surface area contributed by atoms with Crippen molar-refractivity contribution in [2.24, 2.45) is 5.92 Å². The van der Waals surface area contributed by atoms with E-state index in [1.807, 2.05) is 74.5 Å². The Balaban J connectivity index is 2.40. The lowest BCUT2D eigenvalue weighted by Crippen LogP contribution is -2.49. The molecule has 144 valence electrons. The van der Waals surface area contributed by atoms with E-state index in [2.05, 4.69) is 5.32 Å². The van der Waals surface area contributed by atoms with E-state index in [-0.39, 0.29) is 5.92 Å². The maximum Gasteiger partial charge on any atom is 0.329 e. The lowest BCUT2D eigenvalue weighted by atomic mass is 9.84. The first-order chi connectivity index (χ1) is 12.9. The van der Waals surface area contributed by atoms with Crippen molar-refractivity contribution in [3.05, 3.63) is 71.8 Å². The van der Waals surface area contributed by atoms with Crippen molar-refractivity contribution in [3.8, 4) is 0 Å². The van der Waals surface area contributed by atoms with Crippen molar-refractivity contribution in [2.45, 2.75) is 38.3 Å². The molecule has 0 radical (unpaired) electrons. The molecule has 5 heteroatoms. The van der Waals surface area contributed by atoms with Crippen molar-refractivity contribution in [3.63, 3.8) is 0 Å². The summed E-state index contributed by atoms with van der Waals surface area (Å²) in [7, 11) is 1.29. The Kier molecular flexibility index (Phi) is 7.55. The summed E-state index contributed by atoms with van der Waals surface area (Å²) in [5, 5.41) is 12.9. The highest BCUT2D eigenvalue weighted by atomic mass is 16.5. The van der Waals surface area contributed by atoms with Gasteiger partial charge in [-0.1, -0.05) is 74.5 Å². The third kappa shape index (κ3) is 5.66. The molecule has 2 N–H and O–H groups in total. The van der Waals surface area contributed by atoms with Crippen molar-refractivity contribution in [2.75, 3.05) is 7.11 Å². The first-order valence-corrected chi connectivity index (χ1v) is 9.10. The molecule has 2 rings (SSSR count). The predicted molar refractivity (Wildman–Crippen MR) is 104 cm³/mol. The summed E-state index contributed by atoms with van der Waals surface area (Å²) in [5.74, 6) is -1.41. The lowest BCUT2D eigenvalue weighted by molar-refractivity contribution is -0.146. The van der Waals surface area contributed by atoms with Crippen molar-refractivity contribution in [1.29, 1.82) is 0 Å². The van der Waals surface area contributed by atoms with Gasteiger partial charge in [-0.3, -0.25) is 4.79 Å². The number of aliphatic hydroxyl groups is 1. The highest BCUT2D eigenvalue weighted by Crippen LogP contribution is 2.29. The number of aliphatic hydroxyl groups excluding tert-OH is 1. The molecule has 0 aliphatic heterocycles. The van der Waals surface area contributed by atoms with E-state index in [4.69, 9.17) is 4.74 Å². The zero-order valence-corrected chi connectivity index (χ0v) is 16.0. The summed E-state index contributed by atoms with van der Waals surface area (Å²) in [6.45, 7) is 3.84. The van der Waals surface area contributed by atoms with Crippen LogP contribution in [-0.2, 0) is 14.3 Å². The third-order valence-corrected chi connectivity index (χ3v) is 4.40. The van der Waals surface area contributed by atoms with Crippen LogP contribution in [0.2, 0.25) is 0 Å². The highest BCUT2D eigenvalue weighted by Gasteiger charge is 2.34. The largest absolute Gasteiger partial charge is 0.467 e. The van der Waals surface area contributed by atoms with Crippen LogP contribution < -0.4 is 5.32 Å². The molecule has 0 saturated heterocycles. The third-order valence-electron chi connectivity index (χ3n) is 4.40. The Morgan fingerprint density at radius 1 is 0.963 bits per heavy atom. The topological polar surface area (TPSA) is 75.6 Å². The van der Waals surface area contributed by atoms with Crippen LogP contribution in [0.4, 0.5) is 0 Å². The van der Waals surface area contributed by atoms with Gasteiger partial charge < -0.3 is 15.2 Å². The van der Waals surface area contributed by atoms with Gasteiger partial charge in [-0.2, -0.15) is 0 Å². The minimum absolute atomic E-state index is 0.154. The number of amides is 1. The summed E-state index contributed by atoms with van der Waals surface area (Å²) in [5.41, 5.74) is 1.75. The normalized spacial score (nSPS) is 13.3. The summed E-state index contributed by atoms with van der Waals surface area (Å²) >= 11 is 0. The Labute approximate surface area is 160 Å². The van der Waals surface area contributed by atoms with Crippen LogP contribution in [0.3, 0.4) is 0 Å². The second-order valence-electron chi connectivity index (χ2n) is 6.95. The zero-order chi connectivity index (χ0) is 19.8. The van der Waals surface area contributed by atoms with Gasteiger partial charge in [-0.05, 0) is 23.5 Å². The molecule has 0 aromatic heterocycles. The van der Waals surface area contributed by atoms with Gasteiger partial charge in [0.1, 0.15) is 12.1 Å². The number of carbonyl (C=O) groups excluding carboxylic acids is 2. The Hall–Kier alpha value is -2.66. The number of ether oxygens (including phenoxy) is 1. The van der Waals surface area contributed by atoms with Gasteiger partial charge in [0.05, 0.1) is 7.11 Å². The number of methoxy groups -OCH3 is 1. The van der Waals surface area contributed by atoms with Crippen LogP contribution in [0.1, 0.15) is 37.3 Å². The maximum atomic E-state index is 12.6. The molecule has 0 aliphatic carbocycles. The van der Waals surface area contributed by atoms with Gasteiger partial charge in [-0.15, -0.1) is 0 Å². The zero-order valence-electron chi connectivity index (χ0n) is 16.0. The lowest BCUT2D eigenvalue weighted by Gasteiger charge is -2.28. The highest BCUT2D eigenvalue weighted by molar-refractivity contribution is 5.88. The fourth-order valence-electron chi connectivity index (χ4n) is 3.11. The summed E-state index contributed by atoms with van der Waals surface area (Å²) in [4.78, 5) is 25.1. The molecule has 2 aromatic rings. The standard InChI is InChI=1S/C22H27NO4/c1-15(2)14-18(24)21(25)23-20(22(26)27-3)19(16-10-6-4-7-11-16)17-12-8-5-9-13-17/h4-13,15,18-20,24H,14H2,1-3H3,(H,23,25)/t18-,20+/m1/s1. The minimum atomic E-state index is -1.18. The molecular formula is C22H27NO4. The van der Waals surface area contributed by atoms with Crippen LogP contribution in [0.15, 0.2) is 60.7 Å². The molecule has 0 saturated carbocycles. The molecule has 1 amide bonds. The summed E-state index contributed by atoms with van der Waals surface area (Å²) in [6.07, 6.45) is -0.856. The number of esters is 1. The quantitative estimate of drug-likeness (QED) is 0.702. The smallest absolute Gasteiger partial charge is 0.329 e. The van der Waals surface area contributed by atoms with Crippen LogP contribution in [-0.4, -0.2) is 36.2 Å². The SMILES string of the molecule is COC(=O)[C@@H](NC(=O)[C@H](O)CC(C)C)C(c1ccccc1)c1ccccc1. The molecule has 0 fully saturated rings. The average Bonchev–Trinajstić information content (AvgIpc) is 2.68. The van der Waals surface area contributed by atoms with Gasteiger partial charge in [0.2, 0.25) is 5.91 Å². The van der Waals surface area contributed by atoms with E-state index < -0.39 is 29.9 Å². The van der Waals surface area contributed by atoms with Crippen LogP contribution in [0.5, 0.6) is 0 Å². The molecule has 27 heavy (non-hydrogen) atoms. The van der Waals surface area contributed by atoms with Gasteiger partial charge in [0.25, 0.3) is 0 Å². The van der Waals surface area contributed by atoms with E-state index >= 15 is 0 Å². The van der Waals surface area contributed by atoms with Gasteiger partial charge in [-0.25, -0.2) is 4.79 Å². The van der Waals surface area contributed by atoms with Crippen molar-refractivity contribution in [1.82, 2.24) is 5.32 Å². The first kappa shape index (κ1) is 20.6. The second-order valence-corrected chi connectivity index (χ2v) is 6.95. The van der Waals surface area contributed by atoms with Gasteiger partial charge in [0.15, 0.2) is 0 Å². The fraction of sp³-hybridized carbons (Fsp3) is 0.364. The molecule has 2 aromatic carbocycles. The first-order valence-electron chi connectivity index (χ1n) is 9.10. The molecule has 0 spiro atoms. The summed E-state index contributed by atoms with van der Waals surface area (Å²) < 4.78 is 4.96. The Morgan fingerprint density at radius 2 is 1.44 bits per heavy atom. The van der Waals surface area contributed by atoms with Gasteiger partial charge in [0, 0.05) is 5.92 Å². The van der Waals surface area contributed by atoms with E-state index in [0.29, 0.717) is 6.42 Å². The van der Waals surface area contributed by atoms with Crippen LogP contribution in [0, 0.1) is 5.92 Å². The Bertz CT molecular complexity index is 691. The number of carbonyl (C=O) groups is 2. The van der Waals surface area contributed by atoms with E-state index in [9.17, 15) is 14.7 Å². The molecule has 0 unspecified atom stereocenters. The second kappa shape index (κ2) is 9.88. The van der Waals surface area contributed by atoms with Gasteiger partial charge >= 0.3 is 5.97 Å². The fourth-order valence-corrected chi connectivity index (χ4v) is 3.11. The average molecular weight is 369 g/mol. The number of hydrogen-bond donors (Lipinski definition) is 2. The molecule has 0 aliphatic rings. The summed E-state index contributed by atoms with van der Waals surface area (Å²) in [6, 6.07) is 18.0. The number of nitrogens with one attached hydrogen (secondary N) is 1. The number of benzene rings is 2. The van der Waals surface area contributed by atoms with Crippen LogP contribution in [0.25, 0.3) is 0 Å².